The number of carbonyl (C=O) groups excluding carboxylic acids is 1. The molecule has 4 rings (SSSR count). The lowest BCUT2D eigenvalue weighted by molar-refractivity contribution is -0.119. The van der Waals surface area contributed by atoms with Gasteiger partial charge in [-0.2, -0.15) is 0 Å². The number of rotatable bonds is 9. The number of fused-ring (bicyclic) bond motifs is 1. The number of anilines is 1. The number of hydrogen-bond donors (Lipinski definition) is 2. The van der Waals surface area contributed by atoms with E-state index in [1.54, 1.807) is 54.1 Å². The molecule has 3 aromatic rings. The van der Waals surface area contributed by atoms with E-state index in [1.165, 1.54) is 13.3 Å². The molecule has 0 amide bonds. The minimum absolute atomic E-state index is 0.115. The summed E-state index contributed by atoms with van der Waals surface area (Å²) in [5.41, 5.74) is 6.46. The fourth-order valence-electron chi connectivity index (χ4n) is 3.70. The number of hydrogen-bond acceptors (Lipinski definition) is 9. The normalized spacial score (nSPS) is 24.2. The average molecular weight is 632 g/mol. The Bertz CT molecular complexity index is 1260. The Morgan fingerprint density at radius 1 is 1.31 bits per heavy atom. The highest BCUT2D eigenvalue weighted by Crippen LogP contribution is 2.53. The van der Waals surface area contributed by atoms with Crippen molar-refractivity contribution in [3.63, 3.8) is 0 Å². The largest absolute Gasteiger partial charge is 0.424 e. The number of nitrogens with zero attached hydrogens (tertiary/aromatic N) is 3. The summed E-state index contributed by atoms with van der Waals surface area (Å²) in [6, 6.07) is 10.3. The minimum Gasteiger partial charge on any atom is -0.424 e. The number of aromatic nitrogens is 3. The van der Waals surface area contributed by atoms with Crippen molar-refractivity contribution in [1.82, 2.24) is 14.5 Å². The molecule has 1 aliphatic rings. The molecule has 1 aromatic carbocycles. The smallest absolute Gasteiger partial charge is 0.379 e. The van der Waals surface area contributed by atoms with Gasteiger partial charge in [0.05, 0.1) is 18.2 Å². The Hall–Kier alpha value is -1.82. The van der Waals surface area contributed by atoms with E-state index < -0.39 is 35.2 Å². The number of ether oxygens (including phenoxy) is 1. The Morgan fingerprint density at radius 3 is 2.71 bits per heavy atom. The van der Waals surface area contributed by atoms with E-state index in [2.05, 4.69) is 41.8 Å². The number of benzene rings is 1. The molecule has 1 aliphatic heterocycles. The second-order valence-electron chi connectivity index (χ2n) is 8.37. The predicted molar refractivity (Wildman–Crippen MR) is 138 cm³/mol. The van der Waals surface area contributed by atoms with Crippen LogP contribution in [0.4, 0.5) is 5.82 Å². The van der Waals surface area contributed by atoms with E-state index in [4.69, 9.17) is 19.5 Å². The molecule has 0 bridgehead atoms. The minimum atomic E-state index is -3.78. The molecule has 0 aliphatic carbocycles. The molecule has 3 heterocycles. The Balaban J connectivity index is 1.55. The number of alkyl halides is 2. The van der Waals surface area contributed by atoms with Crippen LogP contribution in [-0.2, 0) is 18.6 Å². The van der Waals surface area contributed by atoms with Gasteiger partial charge in [-0.25, -0.2) is 14.5 Å². The first-order valence-corrected chi connectivity index (χ1v) is 14.1. The van der Waals surface area contributed by atoms with Crippen molar-refractivity contribution < 1.29 is 28.3 Å². The molecule has 0 saturated carbocycles. The highest BCUT2D eigenvalue weighted by Gasteiger charge is 2.55. The van der Waals surface area contributed by atoms with Crippen molar-refractivity contribution >= 4 is 62.1 Å². The highest BCUT2D eigenvalue weighted by molar-refractivity contribution is 9.25. The number of ketones is 1. The molecule has 188 valence electrons. The van der Waals surface area contributed by atoms with Gasteiger partial charge in [0.25, 0.3) is 0 Å². The molecule has 13 heteroatoms. The third kappa shape index (κ3) is 5.47. The topological polar surface area (TPSA) is 139 Å². The zero-order chi connectivity index (χ0) is 25.4. The third-order valence-electron chi connectivity index (χ3n) is 5.79. The van der Waals surface area contributed by atoms with Crippen LogP contribution in [0, 0.1) is 5.92 Å². The number of nitrogens with two attached hydrogens (primary N) is 1. The maximum Gasteiger partial charge on any atom is 0.379 e. The van der Waals surface area contributed by atoms with Crippen LogP contribution >= 0.6 is 39.5 Å². The second-order valence-corrected chi connectivity index (χ2v) is 14.1. The third-order valence-corrected chi connectivity index (χ3v) is 9.53. The summed E-state index contributed by atoms with van der Waals surface area (Å²) in [5, 5.41) is 11.7. The van der Waals surface area contributed by atoms with E-state index in [1.807, 2.05) is 0 Å². The van der Waals surface area contributed by atoms with Crippen LogP contribution in [0.25, 0.3) is 11.0 Å². The fraction of sp³-hybridized carbons (Fsp3) is 0.409. The molecule has 5 atom stereocenters. The summed E-state index contributed by atoms with van der Waals surface area (Å²) in [7, 11) is -3.78. The number of aliphatic hydroxyl groups excluding tert-OH is 1. The van der Waals surface area contributed by atoms with Crippen molar-refractivity contribution in [3.05, 3.63) is 48.9 Å². The summed E-state index contributed by atoms with van der Waals surface area (Å²) >= 11 is 7.04. The van der Waals surface area contributed by atoms with E-state index in [-0.39, 0.29) is 18.6 Å². The van der Waals surface area contributed by atoms with E-state index in [9.17, 15) is 14.5 Å². The molecular formula is C22H25Br2N4O6P. The van der Waals surface area contributed by atoms with Gasteiger partial charge < -0.3 is 24.7 Å². The van der Waals surface area contributed by atoms with Crippen LogP contribution in [0.1, 0.15) is 20.1 Å². The van der Waals surface area contributed by atoms with Gasteiger partial charge in [0.15, 0.2) is 9.46 Å². The van der Waals surface area contributed by atoms with Crippen molar-refractivity contribution in [2.45, 2.75) is 35.5 Å². The molecule has 1 saturated heterocycles. The zero-order valence-corrected chi connectivity index (χ0v) is 23.0. The maximum atomic E-state index is 13.7. The van der Waals surface area contributed by atoms with Crippen molar-refractivity contribution in [1.29, 1.82) is 0 Å². The number of carbonyl (C=O) groups is 1. The lowest BCUT2D eigenvalue weighted by Gasteiger charge is -2.25. The first-order chi connectivity index (χ1) is 16.5. The van der Waals surface area contributed by atoms with E-state index in [0.29, 0.717) is 22.6 Å². The summed E-state index contributed by atoms with van der Waals surface area (Å²) in [6.07, 6.45) is 0.192. The molecule has 35 heavy (non-hydrogen) atoms. The standard InChI is InChI=1S/C22H25Br2N4O6P/c1-13(14(2)29)11-35(31,34-15-6-4-3-5-7-15)32-10-17-18(30)22(23,24)21(33-17)28-9-8-16-19(25)26-12-27-20(16)28/h3-9,12-13,17-18,21,30H,10-11H2,1-2H3,(H2,25,26,27)/t13-,17-,18+,21-,35?/m1/s1. The van der Waals surface area contributed by atoms with Gasteiger partial charge in [-0.1, -0.05) is 57.0 Å². The number of Topliss-reactive ketones (excluding diaryl/α,β-unsaturated/α-hetero) is 1. The van der Waals surface area contributed by atoms with Gasteiger partial charge in [0, 0.05) is 12.1 Å². The van der Waals surface area contributed by atoms with Crippen LogP contribution in [0.15, 0.2) is 48.9 Å². The van der Waals surface area contributed by atoms with Crippen LogP contribution in [0.2, 0.25) is 0 Å². The van der Waals surface area contributed by atoms with Crippen LogP contribution in [0.5, 0.6) is 5.75 Å². The van der Waals surface area contributed by atoms with Crippen LogP contribution in [-0.4, -0.2) is 53.6 Å². The maximum absolute atomic E-state index is 13.7. The molecule has 1 unspecified atom stereocenters. The van der Waals surface area contributed by atoms with E-state index >= 15 is 0 Å². The van der Waals surface area contributed by atoms with Crippen LogP contribution in [0.3, 0.4) is 0 Å². The van der Waals surface area contributed by atoms with Crippen molar-refractivity contribution in [2.24, 2.45) is 5.92 Å². The van der Waals surface area contributed by atoms with Gasteiger partial charge in [-0.15, -0.1) is 0 Å². The Labute approximate surface area is 219 Å². The molecule has 1 fully saturated rings. The second kappa shape index (κ2) is 10.3. The zero-order valence-electron chi connectivity index (χ0n) is 19.0. The summed E-state index contributed by atoms with van der Waals surface area (Å²) < 4.78 is 31.9. The SMILES string of the molecule is CC(=O)[C@H](C)CP(=O)(OC[C@H]1O[C@@H](n2ccc3c(N)ncnc32)C(Br)(Br)[C@H]1O)Oc1ccccc1. The molecule has 10 nitrogen and oxygen atoms in total. The summed E-state index contributed by atoms with van der Waals surface area (Å²) in [5.74, 6) is -0.0119. The van der Waals surface area contributed by atoms with Crippen molar-refractivity contribution in [3.8, 4) is 5.75 Å². The lowest BCUT2D eigenvalue weighted by atomic mass is 10.1. The fourth-order valence-corrected chi connectivity index (χ4v) is 6.92. The Morgan fingerprint density at radius 2 is 2.03 bits per heavy atom. The number of nitrogen functional groups attached to an aromatic ring is 1. The van der Waals surface area contributed by atoms with Gasteiger partial charge in [-0.3, -0.25) is 9.32 Å². The Kier molecular flexibility index (Phi) is 7.71. The first-order valence-electron chi connectivity index (χ1n) is 10.8. The molecule has 0 spiro atoms. The van der Waals surface area contributed by atoms with E-state index in [0.717, 1.165) is 0 Å². The first kappa shape index (κ1) is 26.2. The van der Waals surface area contributed by atoms with Gasteiger partial charge in [0.2, 0.25) is 0 Å². The molecular weight excluding hydrogens is 607 g/mol. The summed E-state index contributed by atoms with van der Waals surface area (Å²) in [4.78, 5) is 20.1. The number of para-hydroxylation sites is 1. The molecule has 3 N–H and O–H groups in total. The molecule has 0 radical (unpaired) electrons. The monoisotopic (exact) mass is 630 g/mol. The molecule has 2 aromatic heterocycles. The van der Waals surface area contributed by atoms with Gasteiger partial charge >= 0.3 is 7.60 Å². The predicted octanol–water partition coefficient (Wildman–Crippen LogP) is 4.27. The highest BCUT2D eigenvalue weighted by atomic mass is 79.9. The number of halogens is 2. The van der Waals surface area contributed by atoms with Crippen LogP contribution < -0.4 is 10.3 Å². The van der Waals surface area contributed by atoms with Gasteiger partial charge in [-0.05, 0) is 25.1 Å². The number of aliphatic hydroxyl groups is 1. The van der Waals surface area contributed by atoms with Crippen molar-refractivity contribution in [2.75, 3.05) is 18.5 Å². The average Bonchev–Trinajstić information content (AvgIpc) is 3.32. The quantitative estimate of drug-likeness (QED) is 0.262. The lowest BCUT2D eigenvalue weighted by Crippen LogP contribution is -2.37. The summed E-state index contributed by atoms with van der Waals surface area (Å²) in [6.45, 7) is 2.84. The van der Waals surface area contributed by atoms with Gasteiger partial charge in [0.1, 0.15) is 41.5 Å².